The van der Waals surface area contributed by atoms with Gasteiger partial charge in [0.05, 0.1) is 12.3 Å². The molecule has 1 aromatic carbocycles. The van der Waals surface area contributed by atoms with Crippen LogP contribution in [0, 0.1) is 0 Å². The first-order chi connectivity index (χ1) is 9.01. The van der Waals surface area contributed by atoms with Crippen molar-refractivity contribution < 1.29 is 13.2 Å². The maximum atomic E-state index is 11.6. The van der Waals surface area contributed by atoms with Crippen LogP contribution in [0.5, 0.6) is 5.75 Å². The molecule has 0 fully saturated rings. The Kier molecular flexibility index (Phi) is 6.11. The Morgan fingerprint density at radius 3 is 2.58 bits per heavy atom. The van der Waals surface area contributed by atoms with Gasteiger partial charge in [0, 0.05) is 6.07 Å². The summed E-state index contributed by atoms with van der Waals surface area (Å²) in [6.07, 6.45) is 4.51. The maximum Gasteiger partial charge on any atom is 0.242 e. The molecule has 19 heavy (non-hydrogen) atoms. The lowest BCUT2D eigenvalue weighted by molar-refractivity contribution is 0.305. The van der Waals surface area contributed by atoms with Crippen LogP contribution in [0.1, 0.15) is 32.6 Å². The second-order valence-electron chi connectivity index (χ2n) is 4.32. The predicted octanol–water partition coefficient (Wildman–Crippen LogP) is 2.14. The van der Waals surface area contributed by atoms with Gasteiger partial charge in [0.15, 0.2) is 0 Å². The molecule has 0 amide bonds. The van der Waals surface area contributed by atoms with Crippen LogP contribution in [0.3, 0.4) is 0 Å². The Balaban J connectivity index is 2.62. The van der Waals surface area contributed by atoms with Crippen LogP contribution in [0.4, 0.5) is 5.69 Å². The smallest absolute Gasteiger partial charge is 0.242 e. The highest BCUT2D eigenvalue weighted by Gasteiger charge is 2.15. The van der Waals surface area contributed by atoms with Crippen LogP contribution in [-0.4, -0.2) is 22.1 Å². The molecule has 0 saturated carbocycles. The molecule has 0 unspecified atom stereocenters. The van der Waals surface area contributed by atoms with Gasteiger partial charge in [-0.15, -0.1) is 0 Å². The molecule has 0 aliphatic rings. The Labute approximate surface area is 115 Å². The molecule has 0 atom stereocenters. The van der Waals surface area contributed by atoms with Crippen molar-refractivity contribution in [1.82, 2.24) is 4.72 Å². The molecule has 0 bridgehead atoms. The molecule has 0 radical (unpaired) electrons. The largest absolute Gasteiger partial charge is 0.494 e. The fourth-order valence-electron chi connectivity index (χ4n) is 1.69. The molecule has 108 valence electrons. The second-order valence-corrected chi connectivity index (χ2v) is 6.17. The molecule has 0 saturated heterocycles. The number of nitrogen functional groups attached to an aromatic ring is 1. The van der Waals surface area contributed by atoms with E-state index >= 15 is 0 Å². The minimum atomic E-state index is -3.51. The van der Waals surface area contributed by atoms with E-state index in [1.807, 2.05) is 0 Å². The van der Waals surface area contributed by atoms with Crippen molar-refractivity contribution in [1.29, 1.82) is 0 Å². The van der Waals surface area contributed by atoms with Crippen molar-refractivity contribution in [2.45, 2.75) is 37.5 Å². The third-order valence-corrected chi connectivity index (χ3v) is 4.29. The number of nitrogens with two attached hydrogens (primary N) is 1. The first kappa shape index (κ1) is 15.8. The molecular formula is C13H22N2O3S. The van der Waals surface area contributed by atoms with Crippen molar-refractivity contribution in [2.24, 2.45) is 0 Å². The lowest BCUT2D eigenvalue weighted by atomic mass is 10.2. The summed E-state index contributed by atoms with van der Waals surface area (Å²) in [6.45, 7) is 2.78. The summed E-state index contributed by atoms with van der Waals surface area (Å²) in [5.74, 6) is 0.601. The van der Waals surface area contributed by atoms with E-state index in [-0.39, 0.29) is 10.6 Å². The number of anilines is 1. The molecule has 3 N–H and O–H groups in total. The molecule has 0 aliphatic heterocycles. The number of benzene rings is 1. The van der Waals surface area contributed by atoms with Gasteiger partial charge >= 0.3 is 0 Å². The van der Waals surface area contributed by atoms with Gasteiger partial charge in [-0.25, -0.2) is 13.1 Å². The summed E-state index contributed by atoms with van der Waals surface area (Å²) in [7, 11) is -2.15. The van der Waals surface area contributed by atoms with Crippen molar-refractivity contribution >= 4 is 15.7 Å². The van der Waals surface area contributed by atoms with Gasteiger partial charge in [-0.05, 0) is 25.6 Å². The van der Waals surface area contributed by atoms with E-state index in [2.05, 4.69) is 11.6 Å². The van der Waals surface area contributed by atoms with Crippen molar-refractivity contribution in [3.63, 3.8) is 0 Å². The molecule has 5 nitrogen and oxygen atoms in total. The lowest BCUT2D eigenvalue weighted by Gasteiger charge is -2.10. The van der Waals surface area contributed by atoms with E-state index in [9.17, 15) is 8.42 Å². The molecular weight excluding hydrogens is 264 g/mol. The molecule has 1 rings (SSSR count). The van der Waals surface area contributed by atoms with Crippen molar-refractivity contribution in [3.05, 3.63) is 18.2 Å². The fraction of sp³-hybridized carbons (Fsp3) is 0.538. The van der Waals surface area contributed by atoms with Crippen LogP contribution >= 0.6 is 0 Å². The first-order valence-corrected chi connectivity index (χ1v) is 7.95. The highest BCUT2D eigenvalue weighted by molar-refractivity contribution is 7.89. The van der Waals surface area contributed by atoms with Crippen LogP contribution in [0.15, 0.2) is 23.1 Å². The van der Waals surface area contributed by atoms with Gasteiger partial charge in [0.2, 0.25) is 10.0 Å². The van der Waals surface area contributed by atoms with Gasteiger partial charge in [-0.2, -0.15) is 0 Å². The minimum absolute atomic E-state index is 0.0772. The number of hydrogen-bond acceptors (Lipinski definition) is 4. The van der Waals surface area contributed by atoms with Gasteiger partial charge < -0.3 is 10.5 Å². The molecule has 0 spiro atoms. The second kappa shape index (κ2) is 7.35. The molecule has 1 aromatic rings. The number of rotatable bonds is 8. The van der Waals surface area contributed by atoms with Crippen molar-refractivity contribution in [3.8, 4) is 5.75 Å². The monoisotopic (exact) mass is 286 g/mol. The van der Waals surface area contributed by atoms with E-state index in [4.69, 9.17) is 10.5 Å². The summed E-state index contributed by atoms with van der Waals surface area (Å²) in [5, 5.41) is 0. The van der Waals surface area contributed by atoms with Crippen molar-refractivity contribution in [2.75, 3.05) is 19.4 Å². The maximum absolute atomic E-state index is 11.6. The Bertz CT molecular complexity index is 501. The summed E-state index contributed by atoms with van der Waals surface area (Å²) < 4.78 is 31.0. The minimum Gasteiger partial charge on any atom is -0.494 e. The van der Waals surface area contributed by atoms with E-state index in [1.54, 1.807) is 12.1 Å². The Morgan fingerprint density at radius 1 is 1.26 bits per heavy atom. The quantitative estimate of drug-likeness (QED) is 0.566. The average molecular weight is 286 g/mol. The highest BCUT2D eigenvalue weighted by Crippen LogP contribution is 2.23. The number of unbranched alkanes of at least 4 members (excludes halogenated alkanes) is 3. The zero-order valence-corrected chi connectivity index (χ0v) is 12.3. The summed E-state index contributed by atoms with van der Waals surface area (Å²) in [5.41, 5.74) is 5.93. The predicted molar refractivity (Wildman–Crippen MR) is 76.7 cm³/mol. The summed E-state index contributed by atoms with van der Waals surface area (Å²) in [4.78, 5) is 0.0772. The zero-order valence-electron chi connectivity index (χ0n) is 11.5. The summed E-state index contributed by atoms with van der Waals surface area (Å²) in [6, 6.07) is 4.63. The number of ether oxygens (including phenoxy) is 1. The number of hydrogen-bond donors (Lipinski definition) is 2. The van der Waals surface area contributed by atoms with Gasteiger partial charge in [-0.1, -0.05) is 26.2 Å². The van der Waals surface area contributed by atoms with Gasteiger partial charge in [0.1, 0.15) is 10.6 Å². The average Bonchev–Trinajstić information content (AvgIpc) is 2.38. The fourth-order valence-corrected chi connectivity index (χ4v) is 2.53. The van der Waals surface area contributed by atoms with Crippen LogP contribution in [0.2, 0.25) is 0 Å². The van der Waals surface area contributed by atoms with Gasteiger partial charge in [0.25, 0.3) is 0 Å². The van der Waals surface area contributed by atoms with Crippen LogP contribution < -0.4 is 15.2 Å². The lowest BCUT2D eigenvalue weighted by Crippen LogP contribution is -2.19. The van der Waals surface area contributed by atoms with Crippen LogP contribution in [-0.2, 0) is 10.0 Å². The summed E-state index contributed by atoms with van der Waals surface area (Å²) >= 11 is 0. The highest BCUT2D eigenvalue weighted by atomic mass is 32.2. The molecule has 0 aliphatic carbocycles. The van der Waals surface area contributed by atoms with Crippen LogP contribution in [0.25, 0.3) is 0 Å². The third kappa shape index (κ3) is 4.72. The molecule has 0 aromatic heterocycles. The Hall–Kier alpha value is -1.27. The van der Waals surface area contributed by atoms with E-state index in [0.717, 1.165) is 12.8 Å². The first-order valence-electron chi connectivity index (χ1n) is 6.47. The Morgan fingerprint density at radius 2 is 2.00 bits per heavy atom. The molecule has 0 heterocycles. The molecule has 6 heteroatoms. The standard InChI is InChI=1S/C13H22N2O3S/c1-3-4-5-6-9-18-11-7-8-13(12(14)10-11)19(16,17)15-2/h7-8,10,15H,3-6,9,14H2,1-2H3. The van der Waals surface area contributed by atoms with E-state index in [0.29, 0.717) is 12.4 Å². The third-order valence-electron chi connectivity index (χ3n) is 2.81. The zero-order chi connectivity index (χ0) is 14.3. The topological polar surface area (TPSA) is 81.4 Å². The van der Waals surface area contributed by atoms with E-state index < -0.39 is 10.0 Å². The van der Waals surface area contributed by atoms with Gasteiger partial charge in [-0.3, -0.25) is 0 Å². The number of nitrogens with one attached hydrogen (secondary N) is 1. The number of sulfonamides is 1. The SMILES string of the molecule is CCCCCCOc1ccc(S(=O)(=O)NC)c(N)c1. The normalized spacial score (nSPS) is 11.5. The van der Waals surface area contributed by atoms with E-state index in [1.165, 1.54) is 26.0 Å².